The van der Waals surface area contributed by atoms with Gasteiger partial charge < -0.3 is 5.32 Å². The van der Waals surface area contributed by atoms with Crippen LogP contribution in [0.4, 0.5) is 5.69 Å². The summed E-state index contributed by atoms with van der Waals surface area (Å²) in [5.74, 6) is -0.345. The molecule has 0 saturated heterocycles. The summed E-state index contributed by atoms with van der Waals surface area (Å²) in [7, 11) is 0. The molecule has 0 aliphatic rings. The zero-order valence-corrected chi connectivity index (χ0v) is 15.4. The van der Waals surface area contributed by atoms with Gasteiger partial charge in [0, 0.05) is 11.1 Å². The summed E-state index contributed by atoms with van der Waals surface area (Å²) in [6, 6.07) is 24.2. The number of carbonyl (C=O) groups excluding carboxylic acids is 1. The standard InChI is InChI=1S/C23H19N3O2/c1-16-11-13-18(14-12-16)24-22(27)21-19-9-5-6-10-20(19)23(28)26(25-21)15-17-7-3-2-4-8-17/h2-14H,15H2,1H3,(H,24,27). The first-order valence-electron chi connectivity index (χ1n) is 9.03. The number of amides is 1. The van der Waals surface area contributed by atoms with Crippen LogP contribution in [0.15, 0.2) is 83.7 Å². The minimum absolute atomic E-state index is 0.216. The third-order valence-electron chi connectivity index (χ3n) is 4.57. The Kier molecular flexibility index (Phi) is 4.72. The lowest BCUT2D eigenvalue weighted by molar-refractivity contribution is 0.102. The smallest absolute Gasteiger partial charge is 0.276 e. The van der Waals surface area contributed by atoms with Crippen LogP contribution >= 0.6 is 0 Å². The van der Waals surface area contributed by atoms with Crippen molar-refractivity contribution >= 4 is 22.4 Å². The molecule has 0 unspecified atom stereocenters. The monoisotopic (exact) mass is 369 g/mol. The fourth-order valence-electron chi connectivity index (χ4n) is 3.09. The maximum Gasteiger partial charge on any atom is 0.276 e. The third-order valence-corrected chi connectivity index (χ3v) is 4.57. The number of anilines is 1. The Bertz CT molecular complexity index is 1200. The second-order valence-electron chi connectivity index (χ2n) is 6.66. The average Bonchev–Trinajstić information content (AvgIpc) is 2.72. The van der Waals surface area contributed by atoms with Gasteiger partial charge in [0.25, 0.3) is 11.5 Å². The van der Waals surface area contributed by atoms with Crippen LogP contribution in [0.2, 0.25) is 0 Å². The molecular formula is C23H19N3O2. The molecule has 1 N–H and O–H groups in total. The fourth-order valence-corrected chi connectivity index (χ4v) is 3.09. The molecule has 1 amide bonds. The number of hydrogen-bond acceptors (Lipinski definition) is 3. The molecule has 0 fully saturated rings. The normalized spacial score (nSPS) is 10.8. The minimum Gasteiger partial charge on any atom is -0.321 e. The van der Waals surface area contributed by atoms with Crippen molar-refractivity contribution in [1.29, 1.82) is 0 Å². The summed E-state index contributed by atoms with van der Waals surface area (Å²) in [6.07, 6.45) is 0. The van der Waals surface area contributed by atoms with Crippen LogP contribution in [0, 0.1) is 6.92 Å². The van der Waals surface area contributed by atoms with Gasteiger partial charge in [0.2, 0.25) is 0 Å². The Morgan fingerprint density at radius 2 is 1.54 bits per heavy atom. The van der Waals surface area contributed by atoms with E-state index in [2.05, 4.69) is 10.4 Å². The molecule has 5 heteroatoms. The van der Waals surface area contributed by atoms with Crippen LogP contribution in [0.5, 0.6) is 0 Å². The lowest BCUT2D eigenvalue weighted by Crippen LogP contribution is -2.28. The first-order chi connectivity index (χ1) is 13.6. The summed E-state index contributed by atoms with van der Waals surface area (Å²) < 4.78 is 1.35. The summed E-state index contributed by atoms with van der Waals surface area (Å²) in [5, 5.41) is 8.29. The van der Waals surface area contributed by atoms with E-state index in [1.807, 2.05) is 61.5 Å². The number of carbonyl (C=O) groups is 1. The fraction of sp³-hybridized carbons (Fsp3) is 0.0870. The average molecular weight is 369 g/mol. The van der Waals surface area contributed by atoms with Gasteiger partial charge in [-0.1, -0.05) is 66.2 Å². The lowest BCUT2D eigenvalue weighted by atomic mass is 10.1. The lowest BCUT2D eigenvalue weighted by Gasteiger charge is -2.11. The van der Waals surface area contributed by atoms with E-state index in [4.69, 9.17) is 0 Å². The number of aromatic nitrogens is 2. The van der Waals surface area contributed by atoms with Crippen molar-refractivity contribution in [1.82, 2.24) is 9.78 Å². The van der Waals surface area contributed by atoms with E-state index >= 15 is 0 Å². The van der Waals surface area contributed by atoms with E-state index in [1.54, 1.807) is 24.3 Å². The summed E-state index contributed by atoms with van der Waals surface area (Å²) in [6.45, 7) is 2.29. The van der Waals surface area contributed by atoms with E-state index in [0.29, 0.717) is 23.0 Å². The van der Waals surface area contributed by atoms with Crippen molar-refractivity contribution in [3.05, 3.63) is 106 Å². The van der Waals surface area contributed by atoms with Gasteiger partial charge in [0.15, 0.2) is 5.69 Å². The molecule has 28 heavy (non-hydrogen) atoms. The molecule has 1 heterocycles. The minimum atomic E-state index is -0.345. The van der Waals surface area contributed by atoms with Crippen molar-refractivity contribution in [3.8, 4) is 0 Å². The molecule has 5 nitrogen and oxygen atoms in total. The van der Waals surface area contributed by atoms with Gasteiger partial charge in [-0.2, -0.15) is 5.10 Å². The number of nitrogens with one attached hydrogen (secondary N) is 1. The van der Waals surface area contributed by atoms with Crippen LogP contribution in [0.1, 0.15) is 21.6 Å². The number of rotatable bonds is 4. The first-order valence-corrected chi connectivity index (χ1v) is 9.03. The van der Waals surface area contributed by atoms with E-state index in [0.717, 1.165) is 11.1 Å². The Hall–Kier alpha value is -3.73. The molecule has 0 bridgehead atoms. The van der Waals surface area contributed by atoms with Crippen molar-refractivity contribution in [2.24, 2.45) is 0 Å². The number of hydrogen-bond donors (Lipinski definition) is 1. The van der Waals surface area contributed by atoms with Crippen LogP contribution in [0.3, 0.4) is 0 Å². The summed E-state index contributed by atoms with van der Waals surface area (Å²) >= 11 is 0. The van der Waals surface area contributed by atoms with Gasteiger partial charge in [-0.05, 0) is 30.7 Å². The Morgan fingerprint density at radius 1 is 0.893 bits per heavy atom. The van der Waals surface area contributed by atoms with Crippen LogP contribution in [-0.4, -0.2) is 15.7 Å². The van der Waals surface area contributed by atoms with Gasteiger partial charge in [-0.25, -0.2) is 4.68 Å². The number of nitrogens with zero attached hydrogens (tertiary/aromatic N) is 2. The van der Waals surface area contributed by atoms with Crippen molar-refractivity contribution in [2.45, 2.75) is 13.5 Å². The van der Waals surface area contributed by atoms with Crippen molar-refractivity contribution in [2.75, 3.05) is 5.32 Å². The van der Waals surface area contributed by atoms with E-state index in [9.17, 15) is 9.59 Å². The zero-order valence-electron chi connectivity index (χ0n) is 15.4. The topological polar surface area (TPSA) is 64.0 Å². The summed E-state index contributed by atoms with van der Waals surface area (Å²) in [5.41, 5.74) is 2.75. The van der Waals surface area contributed by atoms with Gasteiger partial charge in [-0.15, -0.1) is 0 Å². The van der Waals surface area contributed by atoms with Crippen molar-refractivity contribution < 1.29 is 4.79 Å². The SMILES string of the molecule is Cc1ccc(NC(=O)c2nn(Cc3ccccc3)c(=O)c3ccccc23)cc1. The molecule has 0 spiro atoms. The molecule has 0 aliphatic carbocycles. The number of benzene rings is 3. The predicted octanol–water partition coefficient (Wildman–Crippen LogP) is 4.01. The van der Waals surface area contributed by atoms with E-state index in [1.165, 1.54) is 4.68 Å². The van der Waals surface area contributed by atoms with Gasteiger partial charge in [0.05, 0.1) is 11.9 Å². The van der Waals surface area contributed by atoms with Crippen LogP contribution < -0.4 is 10.9 Å². The maximum absolute atomic E-state index is 12.9. The Balaban J connectivity index is 1.78. The van der Waals surface area contributed by atoms with Crippen LogP contribution in [0.25, 0.3) is 10.8 Å². The van der Waals surface area contributed by atoms with Gasteiger partial charge >= 0.3 is 0 Å². The third kappa shape index (κ3) is 3.55. The highest BCUT2D eigenvalue weighted by molar-refractivity contribution is 6.11. The molecule has 0 atom stereocenters. The second-order valence-corrected chi connectivity index (χ2v) is 6.66. The molecule has 1 aromatic heterocycles. The van der Waals surface area contributed by atoms with Gasteiger partial charge in [0.1, 0.15) is 0 Å². The Labute approximate surface area is 162 Å². The molecule has 4 aromatic rings. The van der Waals surface area contributed by atoms with E-state index < -0.39 is 0 Å². The zero-order chi connectivity index (χ0) is 19.5. The molecule has 0 radical (unpaired) electrons. The highest BCUT2D eigenvalue weighted by Gasteiger charge is 2.17. The molecule has 0 saturated carbocycles. The quantitative estimate of drug-likeness (QED) is 0.591. The van der Waals surface area contributed by atoms with Crippen LogP contribution in [-0.2, 0) is 6.54 Å². The van der Waals surface area contributed by atoms with Crippen molar-refractivity contribution in [3.63, 3.8) is 0 Å². The second kappa shape index (κ2) is 7.48. The van der Waals surface area contributed by atoms with E-state index in [-0.39, 0.29) is 17.2 Å². The Morgan fingerprint density at radius 3 is 2.25 bits per heavy atom. The van der Waals surface area contributed by atoms with Gasteiger partial charge in [-0.3, -0.25) is 9.59 Å². The highest BCUT2D eigenvalue weighted by atomic mass is 16.2. The molecule has 0 aliphatic heterocycles. The largest absolute Gasteiger partial charge is 0.321 e. The predicted molar refractivity (Wildman–Crippen MR) is 111 cm³/mol. The number of aryl methyl sites for hydroxylation is 1. The molecule has 3 aromatic carbocycles. The number of fused-ring (bicyclic) bond motifs is 1. The highest BCUT2D eigenvalue weighted by Crippen LogP contribution is 2.16. The summed E-state index contributed by atoms with van der Waals surface area (Å²) in [4.78, 5) is 25.8. The maximum atomic E-state index is 12.9. The molecule has 138 valence electrons. The first kappa shape index (κ1) is 17.7. The molecular weight excluding hydrogens is 350 g/mol. The molecule has 4 rings (SSSR count).